The first-order valence-electron chi connectivity index (χ1n) is 11.6. The van der Waals surface area contributed by atoms with Gasteiger partial charge in [0.05, 0.1) is 32.1 Å². The highest BCUT2D eigenvalue weighted by Crippen LogP contribution is 2.15. The Balaban J connectivity index is 0.00000342. The molecule has 2 aliphatic heterocycles. The summed E-state index contributed by atoms with van der Waals surface area (Å²) in [4.78, 5) is 33.7. The Hall–Kier alpha value is -2.98. The van der Waals surface area contributed by atoms with Crippen LogP contribution in [0, 0.1) is 0 Å². The number of urea groups is 1. The number of aromatic nitrogens is 1. The first kappa shape index (κ1) is 26.6. The van der Waals surface area contributed by atoms with Crippen molar-refractivity contribution in [3.63, 3.8) is 0 Å². The highest BCUT2D eigenvalue weighted by Gasteiger charge is 2.13. The molecule has 1 aromatic heterocycles. The van der Waals surface area contributed by atoms with Crippen LogP contribution in [-0.4, -0.2) is 87.4 Å². The van der Waals surface area contributed by atoms with E-state index in [-0.39, 0.29) is 24.2 Å². The molecule has 9 nitrogen and oxygen atoms in total. The van der Waals surface area contributed by atoms with Gasteiger partial charge in [-0.25, -0.2) is 9.78 Å². The Labute approximate surface area is 211 Å². The SMILES string of the molecule is Cl.O=C(NCCN1CCOCC1)Nc1ccc(C(=O)/C=C/c2cccc(N3CCOCC3)n2)cc1. The molecular weight excluding hydrogens is 470 g/mol. The van der Waals surface area contributed by atoms with Gasteiger partial charge < -0.3 is 25.0 Å². The van der Waals surface area contributed by atoms with E-state index in [1.807, 2.05) is 18.2 Å². The molecule has 0 atom stereocenters. The quantitative estimate of drug-likeness (QED) is 0.424. The van der Waals surface area contributed by atoms with Gasteiger partial charge in [0.2, 0.25) is 0 Å². The van der Waals surface area contributed by atoms with Crippen LogP contribution in [0.4, 0.5) is 16.3 Å². The largest absolute Gasteiger partial charge is 0.379 e. The molecule has 2 aromatic rings. The molecule has 0 radical (unpaired) electrons. The number of nitrogens with one attached hydrogen (secondary N) is 2. The zero-order valence-corrected chi connectivity index (χ0v) is 20.5. The highest BCUT2D eigenvalue weighted by molar-refractivity contribution is 6.07. The smallest absolute Gasteiger partial charge is 0.319 e. The lowest BCUT2D eigenvalue weighted by molar-refractivity contribution is 0.0388. The summed E-state index contributed by atoms with van der Waals surface area (Å²) < 4.78 is 10.7. The molecular formula is C25H32ClN5O4. The molecule has 2 saturated heterocycles. The average Bonchev–Trinajstić information content (AvgIpc) is 2.89. The fraction of sp³-hybridized carbons (Fsp3) is 0.400. The van der Waals surface area contributed by atoms with Crippen molar-refractivity contribution >= 4 is 41.8 Å². The second kappa shape index (κ2) is 13.8. The summed E-state index contributed by atoms with van der Waals surface area (Å²) in [6.45, 7) is 7.63. The third kappa shape index (κ3) is 8.32. The summed E-state index contributed by atoms with van der Waals surface area (Å²) in [6, 6.07) is 12.4. The van der Waals surface area contributed by atoms with Crippen molar-refractivity contribution in [3.05, 3.63) is 59.8 Å². The summed E-state index contributed by atoms with van der Waals surface area (Å²) >= 11 is 0. The molecule has 0 aliphatic carbocycles. The molecule has 10 heteroatoms. The Bertz CT molecular complexity index is 990. The zero-order chi connectivity index (χ0) is 23.6. The number of amides is 2. The van der Waals surface area contributed by atoms with E-state index in [0.29, 0.717) is 31.0 Å². The molecule has 2 aliphatic rings. The van der Waals surface area contributed by atoms with Crippen LogP contribution >= 0.6 is 12.4 Å². The maximum absolute atomic E-state index is 12.6. The standard InChI is InChI=1S/C25H31N5O4.ClH/c31-23(9-8-21-2-1-3-24(27-21)30-14-18-34-19-15-30)20-4-6-22(7-5-20)28-25(32)26-10-11-29-12-16-33-17-13-29;/h1-9H,10-19H2,(H2,26,28,32);1H/b9-8+;. The molecule has 35 heavy (non-hydrogen) atoms. The number of carbonyl (C=O) groups excluding carboxylic acids is 2. The zero-order valence-electron chi connectivity index (χ0n) is 19.7. The Morgan fingerprint density at radius 3 is 2.34 bits per heavy atom. The summed E-state index contributed by atoms with van der Waals surface area (Å²) in [6.07, 6.45) is 3.24. The molecule has 0 spiro atoms. The van der Waals surface area contributed by atoms with Crippen LogP contribution in [0.2, 0.25) is 0 Å². The molecule has 1 aromatic carbocycles. The fourth-order valence-corrected chi connectivity index (χ4v) is 3.80. The number of rotatable bonds is 8. The first-order valence-corrected chi connectivity index (χ1v) is 11.6. The number of halogens is 1. The van der Waals surface area contributed by atoms with Gasteiger partial charge in [0.15, 0.2) is 5.78 Å². The molecule has 2 N–H and O–H groups in total. The second-order valence-electron chi connectivity index (χ2n) is 8.13. The minimum Gasteiger partial charge on any atom is -0.379 e. The molecule has 0 unspecified atom stereocenters. The number of morpholine rings is 2. The number of nitrogens with zero attached hydrogens (tertiary/aromatic N) is 3. The van der Waals surface area contributed by atoms with Crippen molar-refractivity contribution in [1.29, 1.82) is 0 Å². The predicted octanol–water partition coefficient (Wildman–Crippen LogP) is 2.69. The van der Waals surface area contributed by atoms with Crippen LogP contribution in [-0.2, 0) is 9.47 Å². The van der Waals surface area contributed by atoms with Gasteiger partial charge in [-0.15, -0.1) is 12.4 Å². The monoisotopic (exact) mass is 501 g/mol. The van der Waals surface area contributed by atoms with Gasteiger partial charge in [-0.05, 0) is 48.6 Å². The van der Waals surface area contributed by atoms with E-state index in [2.05, 4.69) is 25.4 Å². The minimum atomic E-state index is -0.265. The number of ether oxygens (including phenoxy) is 2. The summed E-state index contributed by atoms with van der Waals surface area (Å²) in [5.74, 6) is 0.761. The van der Waals surface area contributed by atoms with Crippen LogP contribution in [0.5, 0.6) is 0 Å². The number of carbonyl (C=O) groups is 2. The van der Waals surface area contributed by atoms with Crippen LogP contribution < -0.4 is 15.5 Å². The lowest BCUT2D eigenvalue weighted by atomic mass is 10.1. The van der Waals surface area contributed by atoms with Gasteiger partial charge in [0.25, 0.3) is 0 Å². The van der Waals surface area contributed by atoms with E-state index in [4.69, 9.17) is 9.47 Å². The number of hydrogen-bond donors (Lipinski definition) is 2. The van der Waals surface area contributed by atoms with Crippen LogP contribution in [0.15, 0.2) is 48.5 Å². The topological polar surface area (TPSA) is 96.0 Å². The normalized spacial score (nSPS) is 16.5. The van der Waals surface area contributed by atoms with Crippen LogP contribution in [0.1, 0.15) is 16.1 Å². The van der Waals surface area contributed by atoms with Crippen molar-refractivity contribution in [2.24, 2.45) is 0 Å². The van der Waals surface area contributed by atoms with E-state index in [9.17, 15) is 9.59 Å². The Kier molecular flexibility index (Phi) is 10.5. The number of hydrogen-bond acceptors (Lipinski definition) is 7. The van der Waals surface area contributed by atoms with Gasteiger partial charge >= 0.3 is 6.03 Å². The van der Waals surface area contributed by atoms with Gasteiger partial charge in [0.1, 0.15) is 5.82 Å². The third-order valence-corrected chi connectivity index (χ3v) is 5.74. The van der Waals surface area contributed by atoms with E-state index in [0.717, 1.165) is 57.4 Å². The Morgan fingerprint density at radius 2 is 1.63 bits per heavy atom. The molecule has 0 saturated carbocycles. The van der Waals surface area contributed by atoms with Gasteiger partial charge in [-0.3, -0.25) is 9.69 Å². The molecule has 2 fully saturated rings. The number of ketones is 1. The van der Waals surface area contributed by atoms with Crippen LogP contribution in [0.25, 0.3) is 6.08 Å². The maximum atomic E-state index is 12.6. The van der Waals surface area contributed by atoms with Gasteiger partial charge in [-0.2, -0.15) is 0 Å². The van der Waals surface area contributed by atoms with Crippen LogP contribution in [0.3, 0.4) is 0 Å². The summed E-state index contributed by atoms with van der Waals surface area (Å²) in [5.41, 5.74) is 1.90. The number of pyridine rings is 1. The molecule has 0 bridgehead atoms. The first-order chi connectivity index (χ1) is 16.7. The van der Waals surface area contributed by atoms with Crippen molar-refractivity contribution in [2.45, 2.75) is 0 Å². The lowest BCUT2D eigenvalue weighted by Crippen LogP contribution is -2.42. The van der Waals surface area contributed by atoms with Gasteiger partial charge in [-0.1, -0.05) is 6.07 Å². The fourth-order valence-electron chi connectivity index (χ4n) is 3.80. The second-order valence-corrected chi connectivity index (χ2v) is 8.13. The molecule has 2 amide bonds. The molecule has 188 valence electrons. The average molecular weight is 502 g/mol. The van der Waals surface area contributed by atoms with Crippen molar-refractivity contribution in [1.82, 2.24) is 15.2 Å². The van der Waals surface area contributed by atoms with Crippen molar-refractivity contribution in [2.75, 3.05) is 75.9 Å². The lowest BCUT2D eigenvalue weighted by Gasteiger charge is -2.27. The van der Waals surface area contributed by atoms with E-state index < -0.39 is 0 Å². The van der Waals surface area contributed by atoms with E-state index in [1.54, 1.807) is 30.3 Å². The predicted molar refractivity (Wildman–Crippen MR) is 139 cm³/mol. The number of benzene rings is 1. The third-order valence-electron chi connectivity index (χ3n) is 5.74. The van der Waals surface area contributed by atoms with E-state index >= 15 is 0 Å². The summed E-state index contributed by atoms with van der Waals surface area (Å²) in [5, 5.41) is 5.65. The minimum absolute atomic E-state index is 0. The summed E-state index contributed by atoms with van der Waals surface area (Å²) in [7, 11) is 0. The highest BCUT2D eigenvalue weighted by atomic mass is 35.5. The Morgan fingerprint density at radius 1 is 0.943 bits per heavy atom. The molecule has 3 heterocycles. The number of anilines is 2. The number of allylic oxidation sites excluding steroid dienone is 1. The van der Waals surface area contributed by atoms with Crippen molar-refractivity contribution in [3.8, 4) is 0 Å². The van der Waals surface area contributed by atoms with Crippen molar-refractivity contribution < 1.29 is 19.1 Å². The van der Waals surface area contributed by atoms with Gasteiger partial charge in [0, 0.05) is 50.5 Å². The maximum Gasteiger partial charge on any atom is 0.319 e. The van der Waals surface area contributed by atoms with E-state index in [1.165, 1.54) is 6.08 Å². The molecule has 4 rings (SSSR count).